The molecule has 1 aliphatic heterocycles. The van der Waals surface area contributed by atoms with E-state index in [-0.39, 0.29) is 11.9 Å². The number of hydrogen-bond donors (Lipinski definition) is 1. The van der Waals surface area contributed by atoms with Crippen molar-refractivity contribution in [1.29, 1.82) is 0 Å². The smallest absolute Gasteiger partial charge is 0.273 e. The number of thiazole rings is 1. The maximum Gasteiger partial charge on any atom is 0.273 e. The van der Waals surface area contributed by atoms with Gasteiger partial charge in [0.05, 0.1) is 6.04 Å². The van der Waals surface area contributed by atoms with Gasteiger partial charge < -0.3 is 4.90 Å². The average Bonchev–Trinajstić information content (AvgIpc) is 3.25. The van der Waals surface area contributed by atoms with Gasteiger partial charge in [-0.2, -0.15) is 10.3 Å². The van der Waals surface area contributed by atoms with E-state index in [1.165, 1.54) is 0 Å². The number of amides is 1. The normalized spacial score (nSPS) is 18.2. The maximum absolute atomic E-state index is 12.8. The molecule has 8 heteroatoms. The lowest BCUT2D eigenvalue weighted by atomic mass is 10.2. The summed E-state index contributed by atoms with van der Waals surface area (Å²) in [5, 5.41) is 13.4. The maximum atomic E-state index is 12.8. The highest BCUT2D eigenvalue weighted by atomic mass is 32.1. The summed E-state index contributed by atoms with van der Waals surface area (Å²) < 4.78 is 0. The van der Waals surface area contributed by atoms with Gasteiger partial charge in [0, 0.05) is 17.6 Å². The molecule has 3 aromatic rings. The molecular formula is C14H14N6OS. The van der Waals surface area contributed by atoms with Gasteiger partial charge in [0.25, 0.3) is 5.91 Å². The van der Waals surface area contributed by atoms with Crippen LogP contribution in [0.4, 0.5) is 0 Å². The van der Waals surface area contributed by atoms with Crippen molar-refractivity contribution in [2.45, 2.75) is 25.8 Å². The van der Waals surface area contributed by atoms with Crippen molar-refractivity contribution in [2.75, 3.05) is 6.54 Å². The number of fused-ring (bicyclic) bond motifs is 1. The van der Waals surface area contributed by atoms with Crippen molar-refractivity contribution in [1.82, 2.24) is 30.3 Å². The third-order valence-electron chi connectivity index (χ3n) is 3.84. The van der Waals surface area contributed by atoms with Crippen LogP contribution in [0, 0.1) is 6.92 Å². The third kappa shape index (κ3) is 2.16. The van der Waals surface area contributed by atoms with Crippen LogP contribution >= 0.6 is 11.3 Å². The molecule has 1 N–H and O–H groups in total. The first-order valence-corrected chi connectivity index (χ1v) is 8.01. The van der Waals surface area contributed by atoms with Crippen LogP contribution in [0.1, 0.15) is 40.1 Å². The second-order valence-electron chi connectivity index (χ2n) is 5.35. The van der Waals surface area contributed by atoms with Crippen molar-refractivity contribution >= 4 is 28.4 Å². The SMILES string of the molecule is Cc1csc(C2CCCN2C(=O)c2ccc3n[nH]nc3n2)n1. The minimum absolute atomic E-state index is 0.0565. The zero-order valence-corrected chi connectivity index (χ0v) is 12.8. The Hall–Kier alpha value is -2.35. The van der Waals surface area contributed by atoms with E-state index in [1.54, 1.807) is 23.5 Å². The van der Waals surface area contributed by atoms with Crippen LogP contribution < -0.4 is 0 Å². The summed E-state index contributed by atoms with van der Waals surface area (Å²) in [6.07, 6.45) is 1.94. The second-order valence-corrected chi connectivity index (χ2v) is 6.24. The zero-order valence-electron chi connectivity index (χ0n) is 12.0. The van der Waals surface area contributed by atoms with Gasteiger partial charge in [0.2, 0.25) is 5.65 Å². The number of rotatable bonds is 2. The molecule has 0 spiro atoms. The standard InChI is InChI=1S/C14H14N6OS/c1-8-7-22-13(15-8)11-3-2-6-20(11)14(21)10-5-4-9-12(16-10)18-19-17-9/h4-5,7,11H,2-3,6H2,1H3,(H,16,17,18,19). The summed E-state index contributed by atoms with van der Waals surface area (Å²) in [7, 11) is 0. The fraction of sp³-hybridized carbons (Fsp3) is 0.357. The highest BCUT2D eigenvalue weighted by molar-refractivity contribution is 7.09. The van der Waals surface area contributed by atoms with E-state index in [4.69, 9.17) is 0 Å². The molecule has 0 saturated carbocycles. The number of carbonyl (C=O) groups excluding carboxylic acids is 1. The summed E-state index contributed by atoms with van der Waals surface area (Å²) in [5.41, 5.74) is 2.53. The molecule has 112 valence electrons. The number of carbonyl (C=O) groups is 1. The number of likely N-dealkylation sites (tertiary alicyclic amines) is 1. The quantitative estimate of drug-likeness (QED) is 0.782. The first-order chi connectivity index (χ1) is 10.7. The molecule has 4 rings (SSSR count). The van der Waals surface area contributed by atoms with E-state index in [9.17, 15) is 4.79 Å². The van der Waals surface area contributed by atoms with E-state index < -0.39 is 0 Å². The Balaban J connectivity index is 1.65. The van der Waals surface area contributed by atoms with Gasteiger partial charge in [0.1, 0.15) is 16.2 Å². The molecule has 4 heterocycles. The van der Waals surface area contributed by atoms with Crippen LogP contribution in [0.3, 0.4) is 0 Å². The Kier molecular flexibility index (Phi) is 3.11. The summed E-state index contributed by atoms with van der Waals surface area (Å²) in [6, 6.07) is 3.52. The Morgan fingerprint density at radius 2 is 2.27 bits per heavy atom. The molecule has 3 aromatic heterocycles. The number of nitrogens with one attached hydrogen (secondary N) is 1. The molecule has 1 aliphatic rings. The fourth-order valence-corrected chi connectivity index (χ4v) is 3.74. The predicted molar refractivity (Wildman–Crippen MR) is 81.5 cm³/mol. The minimum Gasteiger partial charge on any atom is -0.328 e. The number of aryl methyl sites for hydroxylation is 1. The average molecular weight is 314 g/mol. The Morgan fingerprint density at radius 1 is 1.36 bits per heavy atom. The van der Waals surface area contributed by atoms with Gasteiger partial charge in [-0.3, -0.25) is 4.79 Å². The predicted octanol–water partition coefficient (Wildman–Crippen LogP) is 2.10. The summed E-state index contributed by atoms with van der Waals surface area (Å²) in [5.74, 6) is -0.0692. The zero-order chi connectivity index (χ0) is 15.1. The van der Waals surface area contributed by atoms with E-state index in [0.717, 1.165) is 30.1 Å². The van der Waals surface area contributed by atoms with Crippen molar-refractivity contribution in [3.8, 4) is 0 Å². The van der Waals surface area contributed by atoms with Gasteiger partial charge in [0.15, 0.2) is 0 Å². The summed E-state index contributed by atoms with van der Waals surface area (Å²) in [4.78, 5) is 23.5. The monoisotopic (exact) mass is 314 g/mol. The van der Waals surface area contributed by atoms with Crippen LogP contribution in [-0.2, 0) is 0 Å². The summed E-state index contributed by atoms with van der Waals surface area (Å²) in [6.45, 7) is 2.71. The van der Waals surface area contributed by atoms with E-state index in [1.807, 2.05) is 17.2 Å². The molecule has 1 unspecified atom stereocenters. The molecule has 1 fully saturated rings. The lowest BCUT2D eigenvalue weighted by Gasteiger charge is -2.22. The van der Waals surface area contributed by atoms with Crippen LogP contribution in [0.5, 0.6) is 0 Å². The van der Waals surface area contributed by atoms with E-state index in [2.05, 4.69) is 25.4 Å². The Bertz CT molecular complexity index is 841. The van der Waals surface area contributed by atoms with Gasteiger partial charge in [-0.15, -0.1) is 16.4 Å². The fourth-order valence-electron chi connectivity index (χ4n) is 2.79. The molecule has 0 radical (unpaired) electrons. The van der Waals surface area contributed by atoms with E-state index in [0.29, 0.717) is 16.9 Å². The van der Waals surface area contributed by atoms with Crippen LogP contribution in [-0.4, -0.2) is 42.7 Å². The highest BCUT2D eigenvalue weighted by Gasteiger charge is 2.33. The molecule has 22 heavy (non-hydrogen) atoms. The van der Waals surface area contributed by atoms with Crippen molar-refractivity contribution in [3.63, 3.8) is 0 Å². The first-order valence-electron chi connectivity index (χ1n) is 7.13. The Labute approximate surface area is 130 Å². The highest BCUT2D eigenvalue weighted by Crippen LogP contribution is 2.34. The van der Waals surface area contributed by atoms with Crippen molar-refractivity contribution in [3.05, 3.63) is 33.9 Å². The summed E-state index contributed by atoms with van der Waals surface area (Å²) >= 11 is 1.61. The Morgan fingerprint density at radius 3 is 3.09 bits per heavy atom. The van der Waals surface area contributed by atoms with Crippen LogP contribution in [0.15, 0.2) is 17.5 Å². The topological polar surface area (TPSA) is 87.7 Å². The van der Waals surface area contributed by atoms with Gasteiger partial charge >= 0.3 is 0 Å². The molecule has 0 bridgehead atoms. The number of hydrogen-bond acceptors (Lipinski definition) is 6. The van der Waals surface area contributed by atoms with Gasteiger partial charge in [-0.05, 0) is 31.9 Å². The minimum atomic E-state index is -0.0692. The van der Waals surface area contributed by atoms with E-state index >= 15 is 0 Å². The van der Waals surface area contributed by atoms with Crippen LogP contribution in [0.25, 0.3) is 11.2 Å². The number of H-pyrrole nitrogens is 1. The number of nitrogens with zero attached hydrogens (tertiary/aromatic N) is 5. The van der Waals surface area contributed by atoms with Crippen LogP contribution in [0.2, 0.25) is 0 Å². The molecule has 7 nitrogen and oxygen atoms in total. The lowest BCUT2D eigenvalue weighted by molar-refractivity contribution is 0.0730. The van der Waals surface area contributed by atoms with Gasteiger partial charge in [-0.25, -0.2) is 9.97 Å². The molecule has 1 atom stereocenters. The molecule has 1 amide bonds. The molecule has 0 aliphatic carbocycles. The number of pyridine rings is 1. The molecule has 1 saturated heterocycles. The largest absolute Gasteiger partial charge is 0.328 e. The second kappa shape index (κ2) is 5.13. The number of aromatic nitrogens is 5. The lowest BCUT2D eigenvalue weighted by Crippen LogP contribution is -2.31. The van der Waals surface area contributed by atoms with Crippen molar-refractivity contribution < 1.29 is 4.79 Å². The van der Waals surface area contributed by atoms with Gasteiger partial charge in [-0.1, -0.05) is 0 Å². The third-order valence-corrected chi connectivity index (χ3v) is 4.90. The number of aromatic amines is 1. The molecule has 0 aromatic carbocycles. The first kappa shape index (κ1) is 13.3. The van der Waals surface area contributed by atoms with Crippen molar-refractivity contribution in [2.24, 2.45) is 0 Å². The molecular weight excluding hydrogens is 300 g/mol.